The molecule has 1 saturated heterocycles. The van der Waals surface area contributed by atoms with Crippen LogP contribution in [0.4, 0.5) is 5.69 Å². The molecule has 1 amide bonds. The van der Waals surface area contributed by atoms with Crippen molar-refractivity contribution in [3.05, 3.63) is 28.8 Å². The fourth-order valence-electron chi connectivity index (χ4n) is 4.11. The summed E-state index contributed by atoms with van der Waals surface area (Å²) in [6.45, 7) is 2.61. The highest BCUT2D eigenvalue weighted by atomic mass is 35.5. The first-order chi connectivity index (χ1) is 12.5. The number of hydrogen-bond acceptors (Lipinski definition) is 4. The largest absolute Gasteiger partial charge is 0.390 e. The van der Waals surface area contributed by atoms with Gasteiger partial charge in [0.1, 0.15) is 0 Å². The quantitative estimate of drug-likeness (QED) is 0.775. The Morgan fingerprint density at radius 3 is 2.56 bits per heavy atom. The fraction of sp³-hybridized carbons (Fsp3) is 0.632. The molecule has 8 heteroatoms. The summed E-state index contributed by atoms with van der Waals surface area (Å²) >= 11 is 6.31. The van der Waals surface area contributed by atoms with Gasteiger partial charge in [0.25, 0.3) is 0 Å². The van der Waals surface area contributed by atoms with E-state index in [1.165, 1.54) is 0 Å². The molecule has 0 radical (unpaired) electrons. The molecule has 1 aromatic carbocycles. The van der Waals surface area contributed by atoms with Crippen molar-refractivity contribution in [2.24, 2.45) is 5.92 Å². The number of carbonyl (C=O) groups excluding carboxylic acids is 1. The van der Waals surface area contributed by atoms with Crippen LogP contribution < -0.4 is 4.72 Å². The number of halogens is 1. The van der Waals surface area contributed by atoms with E-state index in [9.17, 15) is 18.3 Å². The third-order valence-electron chi connectivity index (χ3n) is 5.65. The van der Waals surface area contributed by atoms with Crippen LogP contribution in [0.5, 0.6) is 0 Å². The number of aliphatic hydroxyl groups is 1. The van der Waals surface area contributed by atoms with Crippen LogP contribution >= 0.6 is 11.6 Å². The van der Waals surface area contributed by atoms with Crippen molar-refractivity contribution in [2.45, 2.75) is 57.1 Å². The average Bonchev–Trinajstić information content (AvgIpc) is 2.90. The smallest absolute Gasteiger partial charge is 0.229 e. The lowest BCUT2D eigenvalue weighted by atomic mass is 9.83. The van der Waals surface area contributed by atoms with E-state index in [2.05, 4.69) is 4.72 Å². The lowest BCUT2D eigenvalue weighted by molar-refractivity contribution is -0.134. The van der Waals surface area contributed by atoms with Crippen LogP contribution in [0.25, 0.3) is 0 Å². The topological polar surface area (TPSA) is 86.7 Å². The zero-order valence-corrected chi connectivity index (χ0v) is 17.3. The number of carbonyl (C=O) groups is 1. The Labute approximate surface area is 165 Å². The van der Waals surface area contributed by atoms with E-state index in [1.54, 1.807) is 18.2 Å². The number of sulfonamides is 1. The maximum absolute atomic E-state index is 12.9. The summed E-state index contributed by atoms with van der Waals surface area (Å²) in [6, 6.07) is 5.25. The standard InChI is InChI=1S/C19H27ClN2O4S/c1-19(24)8-5-16(6-9-19)22-10-7-14(18(22)23)11-13-3-4-15(12-17(13)20)21-27(2,25)26/h3-4,12,14,16,21,24H,5-11H2,1-2H3. The SMILES string of the molecule is CC1(O)CCC(N2CCC(Cc3ccc(NS(C)(=O)=O)cc3Cl)C2=O)CC1. The van der Waals surface area contributed by atoms with Gasteiger partial charge in [0.2, 0.25) is 15.9 Å². The Morgan fingerprint density at radius 2 is 1.96 bits per heavy atom. The van der Waals surface area contributed by atoms with Crippen LogP contribution in [0.3, 0.4) is 0 Å². The number of nitrogens with zero attached hydrogens (tertiary/aromatic N) is 1. The third-order valence-corrected chi connectivity index (χ3v) is 6.60. The molecule has 6 nitrogen and oxygen atoms in total. The predicted octanol–water partition coefficient (Wildman–Crippen LogP) is 2.80. The van der Waals surface area contributed by atoms with Crippen LogP contribution in [0.2, 0.25) is 5.02 Å². The molecule has 1 unspecified atom stereocenters. The molecule has 27 heavy (non-hydrogen) atoms. The van der Waals surface area contributed by atoms with E-state index >= 15 is 0 Å². The van der Waals surface area contributed by atoms with Gasteiger partial charge in [-0.25, -0.2) is 8.42 Å². The van der Waals surface area contributed by atoms with Crippen molar-refractivity contribution >= 4 is 33.2 Å². The summed E-state index contributed by atoms with van der Waals surface area (Å²) < 4.78 is 25.1. The molecule has 0 aromatic heterocycles. The highest BCUT2D eigenvalue weighted by Gasteiger charge is 2.39. The first-order valence-corrected chi connectivity index (χ1v) is 11.6. The molecule has 2 fully saturated rings. The van der Waals surface area contributed by atoms with Gasteiger partial charge in [-0.05, 0) is 63.1 Å². The molecule has 1 aromatic rings. The van der Waals surface area contributed by atoms with Crippen molar-refractivity contribution < 1.29 is 18.3 Å². The monoisotopic (exact) mass is 414 g/mol. The molecule has 1 aliphatic carbocycles. The summed E-state index contributed by atoms with van der Waals surface area (Å²) in [5.74, 6) is 0.0644. The number of benzene rings is 1. The molecule has 2 N–H and O–H groups in total. The molecule has 1 heterocycles. The highest BCUT2D eigenvalue weighted by molar-refractivity contribution is 7.92. The van der Waals surface area contributed by atoms with Gasteiger partial charge in [-0.3, -0.25) is 9.52 Å². The van der Waals surface area contributed by atoms with Crippen molar-refractivity contribution in [3.8, 4) is 0 Å². The molecular weight excluding hydrogens is 388 g/mol. The van der Waals surface area contributed by atoms with Gasteiger partial charge in [0, 0.05) is 29.2 Å². The second-order valence-electron chi connectivity index (χ2n) is 8.13. The van der Waals surface area contributed by atoms with Crippen molar-refractivity contribution in [3.63, 3.8) is 0 Å². The zero-order chi connectivity index (χ0) is 19.8. The highest BCUT2D eigenvalue weighted by Crippen LogP contribution is 2.35. The van der Waals surface area contributed by atoms with Gasteiger partial charge >= 0.3 is 0 Å². The second-order valence-corrected chi connectivity index (χ2v) is 10.3. The van der Waals surface area contributed by atoms with Crippen LogP contribution in [0.1, 0.15) is 44.6 Å². The summed E-state index contributed by atoms with van der Waals surface area (Å²) in [5, 5.41) is 10.6. The molecular formula is C19H27ClN2O4S. The van der Waals surface area contributed by atoms with Crippen molar-refractivity contribution in [1.82, 2.24) is 4.90 Å². The molecule has 1 atom stereocenters. The lowest BCUT2D eigenvalue weighted by Gasteiger charge is -2.37. The van der Waals surface area contributed by atoms with Crippen LogP contribution in [-0.2, 0) is 21.2 Å². The summed E-state index contributed by atoms with van der Waals surface area (Å²) in [6.07, 6.45) is 5.59. The minimum absolute atomic E-state index is 0.0985. The zero-order valence-electron chi connectivity index (χ0n) is 15.7. The number of rotatable bonds is 5. The average molecular weight is 415 g/mol. The minimum atomic E-state index is -3.35. The molecule has 2 aliphatic rings. The van der Waals surface area contributed by atoms with E-state index in [1.807, 2.05) is 11.8 Å². The molecule has 1 saturated carbocycles. The Bertz CT molecular complexity index is 815. The van der Waals surface area contributed by atoms with Gasteiger partial charge in [-0.15, -0.1) is 0 Å². The maximum atomic E-state index is 12.9. The van der Waals surface area contributed by atoms with Crippen LogP contribution in [0.15, 0.2) is 18.2 Å². The predicted molar refractivity (Wildman–Crippen MR) is 106 cm³/mol. The van der Waals surface area contributed by atoms with Gasteiger partial charge in [-0.2, -0.15) is 0 Å². The van der Waals surface area contributed by atoms with Crippen LogP contribution in [-0.4, -0.2) is 48.8 Å². The van der Waals surface area contributed by atoms with E-state index in [0.29, 0.717) is 17.1 Å². The van der Waals surface area contributed by atoms with E-state index in [-0.39, 0.29) is 17.9 Å². The Morgan fingerprint density at radius 1 is 1.30 bits per heavy atom. The van der Waals surface area contributed by atoms with E-state index in [4.69, 9.17) is 11.6 Å². The molecule has 0 spiro atoms. The molecule has 3 rings (SSSR count). The normalized spacial score (nSPS) is 29.2. The van der Waals surface area contributed by atoms with Gasteiger partial charge in [0.05, 0.1) is 11.9 Å². The lowest BCUT2D eigenvalue weighted by Crippen LogP contribution is -2.43. The number of amides is 1. The van der Waals surface area contributed by atoms with Gasteiger partial charge in [0.15, 0.2) is 0 Å². The van der Waals surface area contributed by atoms with Crippen molar-refractivity contribution in [2.75, 3.05) is 17.5 Å². The Hall–Kier alpha value is -1.31. The van der Waals surface area contributed by atoms with E-state index in [0.717, 1.165) is 50.5 Å². The van der Waals surface area contributed by atoms with Gasteiger partial charge < -0.3 is 10.0 Å². The summed E-state index contributed by atoms with van der Waals surface area (Å²) in [7, 11) is -3.35. The first-order valence-electron chi connectivity index (χ1n) is 9.33. The Kier molecular flexibility index (Phi) is 5.75. The number of hydrogen-bond donors (Lipinski definition) is 2. The summed E-state index contributed by atoms with van der Waals surface area (Å²) in [5.41, 5.74) is 0.663. The molecule has 150 valence electrons. The second kappa shape index (κ2) is 7.60. The minimum Gasteiger partial charge on any atom is -0.390 e. The fourth-order valence-corrected chi connectivity index (χ4v) is 4.92. The third kappa shape index (κ3) is 5.15. The first kappa shape index (κ1) is 20.4. The number of likely N-dealkylation sites (tertiary alicyclic amines) is 1. The van der Waals surface area contributed by atoms with Crippen LogP contribution in [0, 0.1) is 5.92 Å². The van der Waals surface area contributed by atoms with Gasteiger partial charge in [-0.1, -0.05) is 17.7 Å². The Balaban J connectivity index is 1.63. The molecule has 1 aliphatic heterocycles. The summed E-state index contributed by atoms with van der Waals surface area (Å²) in [4.78, 5) is 14.8. The van der Waals surface area contributed by atoms with E-state index < -0.39 is 15.6 Å². The van der Waals surface area contributed by atoms with Crippen molar-refractivity contribution in [1.29, 1.82) is 0 Å². The maximum Gasteiger partial charge on any atom is 0.229 e. The number of anilines is 1. The molecule has 0 bridgehead atoms. The number of nitrogens with one attached hydrogen (secondary N) is 1.